The van der Waals surface area contributed by atoms with Crippen molar-refractivity contribution in [1.29, 1.82) is 0 Å². The van der Waals surface area contributed by atoms with Gasteiger partial charge >= 0.3 is 0 Å². The van der Waals surface area contributed by atoms with Crippen molar-refractivity contribution in [3.8, 4) is 5.75 Å². The highest BCUT2D eigenvalue weighted by Gasteiger charge is 2.05. The smallest absolute Gasteiger partial charge is 0.142 e. The maximum atomic E-state index is 5.74. The molecule has 0 saturated carbocycles. The molecule has 0 amide bonds. The summed E-state index contributed by atoms with van der Waals surface area (Å²) >= 11 is 0. The van der Waals surface area contributed by atoms with Gasteiger partial charge in [-0.2, -0.15) is 0 Å². The molecule has 0 aliphatic carbocycles. The van der Waals surface area contributed by atoms with Crippen molar-refractivity contribution in [3.05, 3.63) is 24.3 Å². The second-order valence-corrected chi connectivity index (χ2v) is 4.04. The van der Waals surface area contributed by atoms with Crippen LogP contribution < -0.4 is 21.5 Å². The van der Waals surface area contributed by atoms with Gasteiger partial charge in [-0.25, -0.2) is 0 Å². The fraction of sp³-hybridized carbons (Fsp3) is 0.500. The highest BCUT2D eigenvalue weighted by atomic mass is 16.5. The lowest BCUT2D eigenvalue weighted by Crippen LogP contribution is -2.36. The van der Waals surface area contributed by atoms with Gasteiger partial charge in [0.1, 0.15) is 5.75 Å². The number of ether oxygens (including phenoxy) is 1. The van der Waals surface area contributed by atoms with Gasteiger partial charge in [0.25, 0.3) is 0 Å². The highest BCUT2D eigenvalue weighted by molar-refractivity contribution is 5.56. The van der Waals surface area contributed by atoms with E-state index in [1.54, 1.807) is 0 Å². The Morgan fingerprint density at radius 3 is 2.62 bits per heavy atom. The molecule has 4 heteroatoms. The average molecular weight is 223 g/mol. The van der Waals surface area contributed by atoms with Crippen LogP contribution in [0.25, 0.3) is 0 Å². The Kier molecular flexibility index (Phi) is 5.08. The minimum Gasteiger partial charge on any atom is -0.489 e. The van der Waals surface area contributed by atoms with Gasteiger partial charge in [-0.05, 0) is 26.0 Å². The van der Waals surface area contributed by atoms with Gasteiger partial charge in [0.2, 0.25) is 0 Å². The topological polar surface area (TPSA) is 73.3 Å². The summed E-state index contributed by atoms with van der Waals surface area (Å²) in [5.41, 5.74) is 12.2. The van der Waals surface area contributed by atoms with Crippen molar-refractivity contribution < 1.29 is 4.74 Å². The summed E-state index contributed by atoms with van der Waals surface area (Å²) in [6.07, 6.45) is 0.158. The first-order chi connectivity index (χ1) is 7.63. The number of nitrogens with one attached hydrogen (secondary N) is 1. The molecule has 1 unspecified atom stereocenters. The van der Waals surface area contributed by atoms with E-state index in [0.717, 1.165) is 11.4 Å². The predicted molar refractivity (Wildman–Crippen MR) is 67.7 cm³/mol. The van der Waals surface area contributed by atoms with Crippen molar-refractivity contribution in [2.24, 2.45) is 11.5 Å². The summed E-state index contributed by atoms with van der Waals surface area (Å²) in [5, 5.41) is 3.24. The first kappa shape index (κ1) is 12.8. The molecule has 0 aromatic heterocycles. The van der Waals surface area contributed by atoms with E-state index in [1.165, 1.54) is 0 Å². The van der Waals surface area contributed by atoms with E-state index in [4.69, 9.17) is 16.2 Å². The predicted octanol–water partition coefficient (Wildman–Crippen LogP) is 1.17. The quantitative estimate of drug-likeness (QED) is 0.677. The van der Waals surface area contributed by atoms with E-state index < -0.39 is 0 Å². The van der Waals surface area contributed by atoms with E-state index in [-0.39, 0.29) is 12.1 Å². The zero-order chi connectivity index (χ0) is 12.0. The van der Waals surface area contributed by atoms with Crippen molar-refractivity contribution in [1.82, 2.24) is 0 Å². The van der Waals surface area contributed by atoms with Crippen molar-refractivity contribution >= 4 is 5.69 Å². The maximum absolute atomic E-state index is 5.74. The van der Waals surface area contributed by atoms with Crippen LogP contribution in [0.4, 0.5) is 5.69 Å². The molecule has 0 aliphatic heterocycles. The molecule has 0 heterocycles. The summed E-state index contributed by atoms with van der Waals surface area (Å²) in [6, 6.07) is 7.79. The number of hydrogen-bond donors (Lipinski definition) is 3. The van der Waals surface area contributed by atoms with Crippen LogP contribution in [0.1, 0.15) is 13.8 Å². The van der Waals surface area contributed by atoms with Crippen LogP contribution in [0.3, 0.4) is 0 Å². The Balaban J connectivity index is 2.63. The summed E-state index contributed by atoms with van der Waals surface area (Å²) in [6.45, 7) is 5.12. The number of rotatable bonds is 6. The first-order valence-corrected chi connectivity index (χ1v) is 5.58. The van der Waals surface area contributed by atoms with Crippen LogP contribution in [0.15, 0.2) is 24.3 Å². The Labute approximate surface area is 97.0 Å². The lowest BCUT2D eigenvalue weighted by atomic mass is 10.2. The lowest BCUT2D eigenvalue weighted by Gasteiger charge is -2.17. The molecule has 90 valence electrons. The van der Waals surface area contributed by atoms with Gasteiger partial charge in [-0.1, -0.05) is 12.1 Å². The molecule has 5 N–H and O–H groups in total. The molecule has 1 aromatic rings. The molecular formula is C12H21N3O. The van der Waals surface area contributed by atoms with Crippen LogP contribution in [0, 0.1) is 0 Å². The van der Waals surface area contributed by atoms with E-state index in [1.807, 2.05) is 38.1 Å². The second kappa shape index (κ2) is 6.35. The number of anilines is 1. The Morgan fingerprint density at radius 2 is 2.00 bits per heavy atom. The summed E-state index contributed by atoms with van der Waals surface area (Å²) in [7, 11) is 0. The maximum Gasteiger partial charge on any atom is 0.142 e. The van der Waals surface area contributed by atoms with Crippen molar-refractivity contribution in [2.45, 2.75) is 26.0 Å². The minimum absolute atomic E-state index is 0.0351. The van der Waals surface area contributed by atoms with Gasteiger partial charge in [0, 0.05) is 19.1 Å². The fourth-order valence-electron chi connectivity index (χ4n) is 1.29. The molecule has 0 bridgehead atoms. The number of benzene rings is 1. The molecule has 16 heavy (non-hydrogen) atoms. The average Bonchev–Trinajstić information content (AvgIpc) is 2.26. The Hall–Kier alpha value is -1.26. The number of para-hydroxylation sites is 2. The van der Waals surface area contributed by atoms with Crippen molar-refractivity contribution in [3.63, 3.8) is 0 Å². The summed E-state index contributed by atoms with van der Waals surface area (Å²) < 4.78 is 5.68. The Morgan fingerprint density at radius 1 is 1.31 bits per heavy atom. The number of hydrogen-bond acceptors (Lipinski definition) is 4. The molecular weight excluding hydrogens is 202 g/mol. The van der Waals surface area contributed by atoms with Crippen LogP contribution in [-0.4, -0.2) is 25.2 Å². The summed E-state index contributed by atoms with van der Waals surface area (Å²) in [4.78, 5) is 0. The third kappa shape index (κ3) is 4.08. The number of nitrogens with two attached hydrogens (primary N) is 2. The minimum atomic E-state index is -0.0351. The van der Waals surface area contributed by atoms with Gasteiger partial charge in [-0.3, -0.25) is 0 Å². The molecule has 0 fully saturated rings. The van der Waals surface area contributed by atoms with E-state index in [0.29, 0.717) is 13.1 Å². The largest absolute Gasteiger partial charge is 0.489 e. The van der Waals surface area contributed by atoms with Crippen LogP contribution in [0.2, 0.25) is 0 Å². The molecule has 0 spiro atoms. The van der Waals surface area contributed by atoms with Crippen LogP contribution in [0.5, 0.6) is 5.75 Å². The van der Waals surface area contributed by atoms with Crippen molar-refractivity contribution in [2.75, 3.05) is 18.4 Å². The summed E-state index contributed by atoms with van der Waals surface area (Å²) in [5.74, 6) is 0.849. The van der Waals surface area contributed by atoms with Gasteiger partial charge in [0.15, 0.2) is 0 Å². The first-order valence-electron chi connectivity index (χ1n) is 5.58. The van der Waals surface area contributed by atoms with Gasteiger partial charge < -0.3 is 21.5 Å². The fourth-order valence-corrected chi connectivity index (χ4v) is 1.29. The molecule has 1 rings (SSSR count). The molecule has 4 nitrogen and oxygen atoms in total. The SMILES string of the molecule is CC(C)Oc1ccccc1NCC(N)CN. The molecule has 0 saturated heterocycles. The van der Waals surface area contributed by atoms with E-state index in [2.05, 4.69) is 5.32 Å². The molecule has 1 aromatic carbocycles. The normalized spacial score (nSPS) is 12.6. The van der Waals surface area contributed by atoms with Crippen LogP contribution >= 0.6 is 0 Å². The zero-order valence-electron chi connectivity index (χ0n) is 9.94. The highest BCUT2D eigenvalue weighted by Crippen LogP contribution is 2.24. The van der Waals surface area contributed by atoms with Gasteiger partial charge in [-0.15, -0.1) is 0 Å². The third-order valence-electron chi connectivity index (χ3n) is 2.11. The van der Waals surface area contributed by atoms with Gasteiger partial charge in [0.05, 0.1) is 11.8 Å². The molecule has 1 atom stereocenters. The standard InChI is InChI=1S/C12H21N3O/c1-9(2)16-12-6-4-3-5-11(12)15-8-10(14)7-13/h3-6,9-10,15H,7-8,13-14H2,1-2H3. The monoisotopic (exact) mass is 223 g/mol. The molecule has 0 radical (unpaired) electrons. The van der Waals surface area contributed by atoms with Crippen LogP contribution in [-0.2, 0) is 0 Å². The lowest BCUT2D eigenvalue weighted by molar-refractivity contribution is 0.243. The Bertz CT molecular complexity index is 315. The second-order valence-electron chi connectivity index (χ2n) is 4.04. The third-order valence-corrected chi connectivity index (χ3v) is 2.11. The van der Waals surface area contributed by atoms with E-state index >= 15 is 0 Å². The van der Waals surface area contributed by atoms with E-state index in [9.17, 15) is 0 Å². The zero-order valence-corrected chi connectivity index (χ0v) is 9.94. The molecule has 0 aliphatic rings.